The van der Waals surface area contributed by atoms with E-state index in [2.05, 4.69) is 27.1 Å². The van der Waals surface area contributed by atoms with Crippen LogP contribution in [0, 0.1) is 5.82 Å². The van der Waals surface area contributed by atoms with Crippen molar-refractivity contribution in [3.8, 4) is 16.9 Å². The predicted molar refractivity (Wildman–Crippen MR) is 178 cm³/mol. The largest absolute Gasteiger partial charge is 0.401 e. The molecule has 0 unspecified atom stereocenters. The van der Waals surface area contributed by atoms with Crippen molar-refractivity contribution < 1.29 is 22.7 Å². The van der Waals surface area contributed by atoms with Crippen LogP contribution in [0.2, 0.25) is 0 Å². The van der Waals surface area contributed by atoms with Gasteiger partial charge in [0.15, 0.2) is 0 Å². The molecule has 0 radical (unpaired) electrons. The second-order valence-corrected chi connectivity index (χ2v) is 12.2. The van der Waals surface area contributed by atoms with E-state index in [4.69, 9.17) is 0 Å². The third-order valence-corrected chi connectivity index (χ3v) is 8.72. The first-order valence-corrected chi connectivity index (χ1v) is 15.5. The number of hydrogen-bond donors (Lipinski definition) is 2. The molecular weight excluding hydrogens is 642 g/mol. The Bertz CT molecular complexity index is 2170. The molecule has 1 fully saturated rings. The molecule has 4 heterocycles. The van der Waals surface area contributed by atoms with Crippen LogP contribution >= 0.6 is 0 Å². The highest BCUT2D eigenvalue weighted by molar-refractivity contribution is 5.85. The van der Waals surface area contributed by atoms with E-state index in [0.717, 1.165) is 14.9 Å². The average Bonchev–Trinajstić information content (AvgIpc) is 3.06. The Morgan fingerprint density at radius 3 is 2.47 bits per heavy atom. The number of pyridine rings is 1. The number of alkyl halides is 3. The summed E-state index contributed by atoms with van der Waals surface area (Å²) < 4.78 is 55.6. The number of aliphatic hydroxyl groups excluding tert-OH is 1. The summed E-state index contributed by atoms with van der Waals surface area (Å²) in [6, 6.07) is 12.8. The lowest BCUT2D eigenvalue weighted by Gasteiger charge is -2.32. The summed E-state index contributed by atoms with van der Waals surface area (Å²) in [5.74, 6) is -0.278. The number of aromatic nitrogens is 5. The molecule has 0 amide bonds. The van der Waals surface area contributed by atoms with Crippen molar-refractivity contribution in [2.45, 2.75) is 38.5 Å². The number of benzene rings is 2. The van der Waals surface area contributed by atoms with Crippen LogP contribution in [0.1, 0.15) is 42.4 Å². The molecular formula is C35H33F4N7O3. The lowest BCUT2D eigenvalue weighted by Crippen LogP contribution is -2.39. The molecule has 49 heavy (non-hydrogen) atoms. The Morgan fingerprint density at radius 1 is 1.06 bits per heavy atom. The third kappa shape index (κ3) is 7.01. The number of piperidine rings is 1. The molecule has 3 aromatic heterocycles. The smallest absolute Gasteiger partial charge is 0.392 e. The normalized spacial score (nSPS) is 14.3. The van der Waals surface area contributed by atoms with Crippen molar-refractivity contribution in [1.29, 1.82) is 0 Å². The van der Waals surface area contributed by atoms with Crippen LogP contribution in [-0.4, -0.2) is 60.4 Å². The first-order valence-electron chi connectivity index (χ1n) is 15.5. The summed E-state index contributed by atoms with van der Waals surface area (Å²) in [4.78, 5) is 32.5. The number of halogens is 4. The van der Waals surface area contributed by atoms with E-state index in [1.165, 1.54) is 30.3 Å². The van der Waals surface area contributed by atoms with Crippen LogP contribution in [-0.2, 0) is 13.7 Å². The molecule has 1 saturated heterocycles. The molecule has 0 spiro atoms. The van der Waals surface area contributed by atoms with Crippen molar-refractivity contribution in [2.75, 3.05) is 25.0 Å². The molecule has 14 heteroatoms. The zero-order valence-corrected chi connectivity index (χ0v) is 26.8. The number of aryl methyl sites for hydroxylation is 1. The Labute approximate surface area is 278 Å². The quantitative estimate of drug-likeness (QED) is 0.202. The number of nitrogens with one attached hydrogen (secondary N) is 1. The van der Waals surface area contributed by atoms with Gasteiger partial charge in [-0.05, 0) is 80.2 Å². The zero-order valence-electron chi connectivity index (χ0n) is 26.8. The summed E-state index contributed by atoms with van der Waals surface area (Å²) in [6.07, 6.45) is -0.0312. The fraction of sp³-hybridized carbons (Fsp3) is 0.286. The number of fused-ring (bicyclic) bond motifs is 1. The first-order chi connectivity index (χ1) is 23.3. The minimum atomic E-state index is -4.22. The van der Waals surface area contributed by atoms with E-state index in [1.54, 1.807) is 43.5 Å². The van der Waals surface area contributed by atoms with E-state index in [0.29, 0.717) is 59.5 Å². The summed E-state index contributed by atoms with van der Waals surface area (Å²) in [6.45, 7) is 4.81. The fourth-order valence-electron chi connectivity index (χ4n) is 6.20. The van der Waals surface area contributed by atoms with Gasteiger partial charge in [-0.3, -0.25) is 14.5 Å². The summed E-state index contributed by atoms with van der Waals surface area (Å²) >= 11 is 0. The Morgan fingerprint density at radius 2 is 1.82 bits per heavy atom. The lowest BCUT2D eigenvalue weighted by atomic mass is 9.90. The van der Waals surface area contributed by atoms with E-state index >= 15 is 4.39 Å². The number of nitrogens with zero attached hydrogens (tertiary/aromatic N) is 6. The Balaban J connectivity index is 1.29. The molecule has 0 saturated carbocycles. The summed E-state index contributed by atoms with van der Waals surface area (Å²) in [5, 5.41) is 22.3. The molecule has 0 bridgehead atoms. The number of likely N-dealkylation sites (tertiary alicyclic amines) is 1. The molecule has 2 N–H and O–H groups in total. The maximum atomic E-state index is 15.2. The summed E-state index contributed by atoms with van der Waals surface area (Å²) in [5.41, 5.74) is 2.23. The molecule has 1 aliphatic heterocycles. The van der Waals surface area contributed by atoms with Crippen molar-refractivity contribution in [2.24, 2.45) is 7.05 Å². The minimum Gasteiger partial charge on any atom is -0.392 e. The van der Waals surface area contributed by atoms with Gasteiger partial charge in [-0.25, -0.2) is 14.1 Å². The SMILES string of the molecule is C=C(C)c1cc(F)c2c(=O)n(-c3cccc(-c4cc(Nc5ccc(C6CCN(CC(F)(F)F)CC6)cn5)c(=O)n(C)n4)c3CO)ncc2c1. The topological polar surface area (TPSA) is 118 Å². The van der Waals surface area contributed by atoms with Gasteiger partial charge in [-0.2, -0.15) is 28.1 Å². The van der Waals surface area contributed by atoms with Crippen LogP contribution in [0.3, 0.4) is 0 Å². The minimum absolute atomic E-state index is 0.0746. The monoisotopic (exact) mass is 675 g/mol. The molecule has 6 rings (SSSR count). The number of allylic oxidation sites excluding steroid dienone is 1. The molecule has 5 aromatic rings. The maximum absolute atomic E-state index is 15.2. The highest BCUT2D eigenvalue weighted by Gasteiger charge is 2.33. The molecule has 0 aliphatic carbocycles. The number of rotatable bonds is 8. The number of aliphatic hydroxyl groups is 1. The number of hydrogen-bond acceptors (Lipinski definition) is 8. The fourth-order valence-corrected chi connectivity index (χ4v) is 6.20. The standard InChI is InChI=1S/C35H33F4N7O3/c1-20(2)23-13-24-17-41-46(34(49)32(24)27(36)14-23)30-6-4-5-25(26(30)18-47)28-15-29(33(48)44(3)43-28)42-31-8-7-22(16-40-31)21-9-11-45(12-10-21)19-35(37,38)39/h4-8,13-17,21,47H,1,9-12,18-19H2,2-3H3,(H,40,42). The van der Waals surface area contributed by atoms with Crippen molar-refractivity contribution >= 4 is 27.9 Å². The lowest BCUT2D eigenvalue weighted by molar-refractivity contribution is -0.147. The van der Waals surface area contributed by atoms with E-state index in [1.807, 2.05) is 6.07 Å². The molecule has 0 atom stereocenters. The highest BCUT2D eigenvalue weighted by atomic mass is 19.4. The maximum Gasteiger partial charge on any atom is 0.401 e. The highest BCUT2D eigenvalue weighted by Crippen LogP contribution is 2.31. The van der Waals surface area contributed by atoms with Crippen molar-refractivity contribution in [1.82, 2.24) is 29.4 Å². The number of anilines is 2. The Kier molecular flexibility index (Phi) is 9.18. The van der Waals surface area contributed by atoms with Gasteiger partial charge in [0.05, 0.1) is 36.1 Å². The van der Waals surface area contributed by atoms with Crippen molar-refractivity contribution in [3.63, 3.8) is 0 Å². The van der Waals surface area contributed by atoms with Gasteiger partial charge in [0.1, 0.15) is 17.3 Å². The van der Waals surface area contributed by atoms with Gasteiger partial charge in [-0.1, -0.05) is 30.4 Å². The van der Waals surface area contributed by atoms with Gasteiger partial charge in [0.25, 0.3) is 11.1 Å². The van der Waals surface area contributed by atoms with Crippen LogP contribution < -0.4 is 16.4 Å². The van der Waals surface area contributed by atoms with Gasteiger partial charge in [0.2, 0.25) is 0 Å². The second kappa shape index (κ2) is 13.4. The van der Waals surface area contributed by atoms with Crippen LogP contribution in [0.5, 0.6) is 0 Å². The predicted octanol–water partition coefficient (Wildman–Crippen LogP) is 5.69. The average molecular weight is 676 g/mol. The first kappa shape index (κ1) is 33.7. The van der Waals surface area contributed by atoms with Crippen LogP contribution in [0.4, 0.5) is 29.1 Å². The van der Waals surface area contributed by atoms with Gasteiger partial charge >= 0.3 is 6.18 Å². The zero-order chi connectivity index (χ0) is 35.0. The van der Waals surface area contributed by atoms with E-state index < -0.39 is 36.3 Å². The van der Waals surface area contributed by atoms with Gasteiger partial charge in [-0.15, -0.1) is 0 Å². The van der Waals surface area contributed by atoms with Gasteiger partial charge < -0.3 is 10.4 Å². The summed E-state index contributed by atoms with van der Waals surface area (Å²) in [7, 11) is 1.47. The van der Waals surface area contributed by atoms with E-state index in [9.17, 15) is 27.9 Å². The molecule has 1 aliphatic rings. The van der Waals surface area contributed by atoms with Crippen molar-refractivity contribution in [3.05, 3.63) is 111 Å². The van der Waals surface area contributed by atoms with Crippen LogP contribution in [0.15, 0.2) is 77.1 Å². The molecule has 2 aromatic carbocycles. The molecule has 10 nitrogen and oxygen atoms in total. The second-order valence-electron chi connectivity index (χ2n) is 12.2. The van der Waals surface area contributed by atoms with E-state index in [-0.39, 0.29) is 28.2 Å². The Hall–Kier alpha value is -5.21. The van der Waals surface area contributed by atoms with Crippen LogP contribution in [0.25, 0.3) is 33.3 Å². The van der Waals surface area contributed by atoms with Gasteiger partial charge in [0, 0.05) is 29.8 Å². The molecule has 254 valence electrons. The third-order valence-electron chi connectivity index (χ3n) is 8.72.